The number of nitrogens with zero attached hydrogens (tertiary/aromatic N) is 1. The van der Waals surface area contributed by atoms with Gasteiger partial charge in [0.2, 0.25) is 0 Å². The summed E-state index contributed by atoms with van der Waals surface area (Å²) in [6, 6.07) is 8.99. The molecule has 0 saturated carbocycles. The van der Waals surface area contributed by atoms with Crippen molar-refractivity contribution in [2.24, 2.45) is 0 Å². The first-order valence-corrected chi connectivity index (χ1v) is 6.46. The fourth-order valence-corrected chi connectivity index (χ4v) is 2.76. The van der Waals surface area contributed by atoms with Crippen LogP contribution in [0.1, 0.15) is 18.4 Å². The van der Waals surface area contributed by atoms with Crippen molar-refractivity contribution in [2.45, 2.75) is 19.4 Å². The van der Waals surface area contributed by atoms with Crippen LogP contribution < -0.4 is 21.1 Å². The van der Waals surface area contributed by atoms with E-state index >= 15 is 0 Å². The Kier molecular flexibility index (Phi) is 5.29. The van der Waals surface area contributed by atoms with E-state index in [0.717, 1.165) is 6.54 Å². The molecule has 1 saturated heterocycles. The van der Waals surface area contributed by atoms with Crippen LogP contribution in [0.15, 0.2) is 24.3 Å². The standard InChI is InChI=1S/C11H14N.BrH.Zn/c1-2-6-11(7-3-1)10-12-8-4-5-9-12;;/h1-2,6-7H,4-5,8-10H2;1H;/q;;+1/p-1. The predicted octanol–water partition coefficient (Wildman–Crippen LogP) is -1.54. The molecule has 0 amide bonds. The van der Waals surface area contributed by atoms with Gasteiger partial charge < -0.3 is 17.0 Å². The van der Waals surface area contributed by atoms with Crippen molar-refractivity contribution in [3.05, 3.63) is 29.8 Å². The molecule has 0 aromatic heterocycles. The molecule has 0 aliphatic carbocycles. The molecule has 0 unspecified atom stereocenters. The molecule has 1 aromatic carbocycles. The molecule has 0 N–H and O–H groups in total. The van der Waals surface area contributed by atoms with E-state index in [1.165, 1.54) is 54.0 Å². The quantitative estimate of drug-likeness (QED) is 0.599. The summed E-state index contributed by atoms with van der Waals surface area (Å²) in [5.41, 5.74) is 1.49. The predicted molar refractivity (Wildman–Crippen MR) is 50.6 cm³/mol. The number of hydrogen-bond acceptors (Lipinski definition) is 1. The van der Waals surface area contributed by atoms with Crippen LogP contribution >= 0.6 is 0 Å². The minimum atomic E-state index is 0. The Morgan fingerprint density at radius 2 is 1.93 bits per heavy atom. The zero-order valence-corrected chi connectivity index (χ0v) is 12.9. The van der Waals surface area contributed by atoms with E-state index in [0.29, 0.717) is 0 Å². The number of halogens is 1. The van der Waals surface area contributed by atoms with Crippen LogP contribution in [-0.4, -0.2) is 18.0 Å². The number of rotatable bonds is 2. The molecule has 1 nitrogen and oxygen atoms in total. The van der Waals surface area contributed by atoms with Crippen LogP contribution in [-0.2, 0) is 24.8 Å². The summed E-state index contributed by atoms with van der Waals surface area (Å²) in [6.07, 6.45) is 2.78. The SMILES string of the molecule is [Br-].[Zn+][c]1cccc(CN2CCCC2)c1. The Labute approximate surface area is 106 Å². The van der Waals surface area contributed by atoms with Crippen LogP contribution in [0.5, 0.6) is 0 Å². The molecule has 2 rings (SSSR count). The molecule has 1 aliphatic rings. The fourth-order valence-electron chi connectivity index (χ4n) is 1.93. The van der Waals surface area contributed by atoms with Gasteiger partial charge in [-0.05, 0) is 0 Å². The first kappa shape index (κ1) is 12.4. The molecular weight excluding hydrogens is 291 g/mol. The summed E-state index contributed by atoms with van der Waals surface area (Å²) < 4.78 is 1.50. The van der Waals surface area contributed by atoms with Gasteiger partial charge in [-0.3, -0.25) is 0 Å². The molecule has 1 fully saturated rings. The molecule has 14 heavy (non-hydrogen) atoms. The molecule has 1 aliphatic heterocycles. The fraction of sp³-hybridized carbons (Fsp3) is 0.455. The first-order valence-electron chi connectivity index (χ1n) is 4.98. The summed E-state index contributed by atoms with van der Waals surface area (Å²) in [4.78, 5) is 2.55. The Bertz CT molecular complexity index is 284. The van der Waals surface area contributed by atoms with E-state index in [9.17, 15) is 0 Å². The summed E-state index contributed by atoms with van der Waals surface area (Å²) in [6.45, 7) is 3.75. The van der Waals surface area contributed by atoms with Gasteiger partial charge in [0.15, 0.2) is 0 Å². The number of hydrogen-bond donors (Lipinski definition) is 0. The molecule has 0 radical (unpaired) electrons. The van der Waals surface area contributed by atoms with Gasteiger partial charge in [-0.1, -0.05) is 0 Å². The number of likely N-dealkylation sites (tertiary alicyclic amines) is 1. The molecule has 72 valence electrons. The average Bonchev–Trinajstić information content (AvgIpc) is 2.57. The molecular formula is C11H14BrNZn. The van der Waals surface area contributed by atoms with Crippen molar-refractivity contribution in [3.8, 4) is 0 Å². The van der Waals surface area contributed by atoms with Crippen LogP contribution in [0.25, 0.3) is 0 Å². The van der Waals surface area contributed by atoms with E-state index in [4.69, 9.17) is 0 Å². The first-order chi connectivity index (χ1) is 6.34. The van der Waals surface area contributed by atoms with Crippen LogP contribution in [0.4, 0.5) is 0 Å². The van der Waals surface area contributed by atoms with Gasteiger partial charge in [0.25, 0.3) is 0 Å². The van der Waals surface area contributed by atoms with E-state index < -0.39 is 0 Å². The molecule has 3 heteroatoms. The van der Waals surface area contributed by atoms with Gasteiger partial charge in [-0.15, -0.1) is 0 Å². The molecule has 1 heterocycles. The summed E-state index contributed by atoms with van der Waals surface area (Å²) in [7, 11) is 0. The van der Waals surface area contributed by atoms with Crippen molar-refractivity contribution in [1.29, 1.82) is 0 Å². The van der Waals surface area contributed by atoms with Crippen molar-refractivity contribution in [2.75, 3.05) is 13.1 Å². The Balaban J connectivity index is 0.000000980. The van der Waals surface area contributed by atoms with Gasteiger partial charge in [-0.2, -0.15) is 0 Å². The zero-order chi connectivity index (χ0) is 9.10. The van der Waals surface area contributed by atoms with Crippen molar-refractivity contribution < 1.29 is 35.3 Å². The maximum absolute atomic E-state index is 2.55. The topological polar surface area (TPSA) is 3.24 Å². The third kappa shape index (κ3) is 3.45. The minimum absolute atomic E-state index is 0. The van der Waals surface area contributed by atoms with Crippen LogP contribution in [0.2, 0.25) is 0 Å². The maximum atomic E-state index is 2.55. The van der Waals surface area contributed by atoms with Gasteiger partial charge in [0, 0.05) is 0 Å². The monoisotopic (exact) mass is 303 g/mol. The van der Waals surface area contributed by atoms with Gasteiger partial charge in [0.1, 0.15) is 0 Å². The zero-order valence-electron chi connectivity index (χ0n) is 8.38. The Hall–Kier alpha value is 0.283. The summed E-state index contributed by atoms with van der Waals surface area (Å²) >= 11 is 1.27. The van der Waals surface area contributed by atoms with E-state index in [-0.39, 0.29) is 17.0 Å². The Morgan fingerprint density at radius 3 is 2.57 bits per heavy atom. The van der Waals surface area contributed by atoms with E-state index in [1.807, 2.05) is 0 Å². The molecule has 0 atom stereocenters. The van der Waals surface area contributed by atoms with Gasteiger partial charge >= 0.3 is 89.7 Å². The molecule has 0 spiro atoms. The van der Waals surface area contributed by atoms with Crippen LogP contribution in [0, 0.1) is 0 Å². The molecule has 0 bridgehead atoms. The second-order valence-corrected chi connectivity index (χ2v) is 5.52. The van der Waals surface area contributed by atoms with E-state index in [2.05, 4.69) is 29.2 Å². The summed E-state index contributed by atoms with van der Waals surface area (Å²) in [5, 5.41) is 0. The summed E-state index contributed by atoms with van der Waals surface area (Å²) in [5.74, 6) is 0. The second kappa shape index (κ2) is 6.00. The average molecular weight is 306 g/mol. The normalized spacial score (nSPS) is 16.7. The van der Waals surface area contributed by atoms with Gasteiger partial charge in [0.05, 0.1) is 0 Å². The molecule has 1 aromatic rings. The third-order valence-electron chi connectivity index (χ3n) is 2.60. The van der Waals surface area contributed by atoms with Crippen LogP contribution in [0.3, 0.4) is 0 Å². The Morgan fingerprint density at radius 1 is 1.21 bits per heavy atom. The van der Waals surface area contributed by atoms with E-state index in [1.54, 1.807) is 0 Å². The number of benzene rings is 1. The third-order valence-corrected chi connectivity index (χ3v) is 3.52. The van der Waals surface area contributed by atoms with Gasteiger partial charge in [-0.25, -0.2) is 0 Å². The van der Waals surface area contributed by atoms with Crippen molar-refractivity contribution in [1.82, 2.24) is 4.90 Å². The van der Waals surface area contributed by atoms with Crippen molar-refractivity contribution in [3.63, 3.8) is 0 Å². The van der Waals surface area contributed by atoms with Crippen molar-refractivity contribution >= 4 is 4.16 Å². The second-order valence-electron chi connectivity index (χ2n) is 3.80.